The molecule has 3 heteroatoms. The van der Waals surface area contributed by atoms with Crippen LogP contribution in [0, 0.1) is 0 Å². The molecule has 0 radical (unpaired) electrons. The lowest BCUT2D eigenvalue weighted by molar-refractivity contribution is 0.0792. The Morgan fingerprint density at radius 1 is 0.552 bits per heavy atom. The van der Waals surface area contributed by atoms with Crippen molar-refractivity contribution in [1.29, 1.82) is 0 Å². The predicted octanol–water partition coefficient (Wildman–Crippen LogP) is 6.48. The highest BCUT2D eigenvalue weighted by Gasteiger charge is 2.24. The Balaban J connectivity index is 1.55. The van der Waals surface area contributed by atoms with Gasteiger partial charge >= 0.3 is 0 Å². The summed E-state index contributed by atoms with van der Waals surface area (Å²) in [5.74, 6) is 1.99. The first kappa shape index (κ1) is 18.5. The number of carbonyl (C=O) groups is 1. The van der Waals surface area contributed by atoms with Crippen LogP contribution in [0.4, 0.5) is 0 Å². The second-order valence-electron chi connectivity index (χ2n) is 6.53. The minimum atomic E-state index is -0.723. The molecule has 0 fully saturated rings. The van der Waals surface area contributed by atoms with Gasteiger partial charge in [-0.15, -0.1) is 0 Å². The number of benzene rings is 4. The Labute approximate surface area is 170 Å². The van der Waals surface area contributed by atoms with E-state index < -0.39 is 6.10 Å². The van der Waals surface area contributed by atoms with Crippen molar-refractivity contribution in [2.75, 3.05) is 0 Å². The summed E-state index contributed by atoms with van der Waals surface area (Å²) < 4.78 is 11.9. The SMILES string of the molecule is O=C(c1ccccc1)C(Oc1ccc(Oc2ccccc2)cc1)c1ccccc1. The van der Waals surface area contributed by atoms with E-state index in [9.17, 15) is 4.79 Å². The molecule has 4 rings (SSSR count). The number of hydrogen-bond acceptors (Lipinski definition) is 3. The van der Waals surface area contributed by atoms with E-state index >= 15 is 0 Å². The zero-order valence-corrected chi connectivity index (χ0v) is 15.8. The topological polar surface area (TPSA) is 35.5 Å². The summed E-state index contributed by atoms with van der Waals surface area (Å²) in [6, 6.07) is 35.6. The summed E-state index contributed by atoms with van der Waals surface area (Å²) in [6.45, 7) is 0. The van der Waals surface area contributed by atoms with Crippen LogP contribution in [0.1, 0.15) is 22.0 Å². The van der Waals surface area contributed by atoms with Gasteiger partial charge in [0, 0.05) is 11.1 Å². The maximum absolute atomic E-state index is 13.1. The average Bonchev–Trinajstić information content (AvgIpc) is 2.80. The van der Waals surface area contributed by atoms with Crippen LogP contribution in [0.2, 0.25) is 0 Å². The van der Waals surface area contributed by atoms with Gasteiger partial charge in [-0.25, -0.2) is 0 Å². The van der Waals surface area contributed by atoms with Crippen LogP contribution in [0.5, 0.6) is 17.2 Å². The Morgan fingerprint density at radius 3 is 1.66 bits per heavy atom. The molecule has 0 aliphatic rings. The van der Waals surface area contributed by atoms with E-state index in [-0.39, 0.29) is 5.78 Å². The molecule has 1 unspecified atom stereocenters. The third-order valence-electron chi connectivity index (χ3n) is 4.46. The van der Waals surface area contributed by atoms with E-state index in [0.717, 1.165) is 11.3 Å². The molecule has 0 bridgehead atoms. The Bertz CT molecular complexity index is 1040. The lowest BCUT2D eigenvalue weighted by Gasteiger charge is -2.19. The predicted molar refractivity (Wildman–Crippen MR) is 114 cm³/mol. The molecule has 4 aromatic carbocycles. The van der Waals surface area contributed by atoms with Crippen LogP contribution < -0.4 is 9.47 Å². The van der Waals surface area contributed by atoms with Gasteiger partial charge in [0.2, 0.25) is 5.78 Å². The minimum Gasteiger partial charge on any atom is -0.478 e. The molecule has 142 valence electrons. The lowest BCUT2D eigenvalue weighted by atomic mass is 10.00. The molecule has 4 aromatic rings. The monoisotopic (exact) mass is 380 g/mol. The molecule has 3 nitrogen and oxygen atoms in total. The van der Waals surface area contributed by atoms with E-state index in [0.29, 0.717) is 17.1 Å². The maximum Gasteiger partial charge on any atom is 0.207 e. The van der Waals surface area contributed by atoms with Crippen molar-refractivity contribution in [1.82, 2.24) is 0 Å². The van der Waals surface area contributed by atoms with Crippen LogP contribution >= 0.6 is 0 Å². The molecule has 0 heterocycles. The number of hydrogen-bond donors (Lipinski definition) is 0. The summed E-state index contributed by atoms with van der Waals surface area (Å²) in [7, 11) is 0. The zero-order chi connectivity index (χ0) is 19.9. The van der Waals surface area contributed by atoms with Crippen molar-refractivity contribution < 1.29 is 14.3 Å². The first-order valence-electron chi connectivity index (χ1n) is 9.43. The van der Waals surface area contributed by atoms with Crippen molar-refractivity contribution in [3.8, 4) is 17.2 Å². The van der Waals surface area contributed by atoms with Crippen molar-refractivity contribution in [3.63, 3.8) is 0 Å². The number of ketones is 1. The van der Waals surface area contributed by atoms with E-state index in [4.69, 9.17) is 9.47 Å². The summed E-state index contributed by atoms with van der Waals surface area (Å²) in [5, 5.41) is 0. The highest BCUT2D eigenvalue weighted by molar-refractivity contribution is 6.00. The number of Topliss-reactive ketones (excluding diaryl/α,β-unsaturated/α-hetero) is 1. The molecule has 0 saturated heterocycles. The Hall–Kier alpha value is -3.85. The average molecular weight is 380 g/mol. The van der Waals surface area contributed by atoms with Crippen LogP contribution in [0.3, 0.4) is 0 Å². The smallest absolute Gasteiger partial charge is 0.207 e. The number of para-hydroxylation sites is 1. The van der Waals surface area contributed by atoms with Gasteiger partial charge in [0.25, 0.3) is 0 Å². The van der Waals surface area contributed by atoms with Crippen molar-refractivity contribution in [2.45, 2.75) is 6.10 Å². The molecule has 0 aliphatic heterocycles. The van der Waals surface area contributed by atoms with Gasteiger partial charge in [-0.1, -0.05) is 78.9 Å². The number of ether oxygens (including phenoxy) is 2. The summed E-state index contributed by atoms with van der Waals surface area (Å²) >= 11 is 0. The summed E-state index contributed by atoms with van der Waals surface area (Å²) in [6.07, 6.45) is -0.723. The normalized spacial score (nSPS) is 11.4. The molecule has 0 amide bonds. The van der Waals surface area contributed by atoms with Crippen LogP contribution in [-0.2, 0) is 0 Å². The van der Waals surface area contributed by atoms with E-state index in [2.05, 4.69) is 0 Å². The fourth-order valence-corrected chi connectivity index (χ4v) is 3.00. The quantitative estimate of drug-likeness (QED) is 0.344. The largest absolute Gasteiger partial charge is 0.478 e. The van der Waals surface area contributed by atoms with Gasteiger partial charge in [-0.3, -0.25) is 4.79 Å². The van der Waals surface area contributed by atoms with E-state index in [1.807, 2.05) is 103 Å². The highest BCUT2D eigenvalue weighted by atomic mass is 16.5. The number of carbonyl (C=O) groups excluding carboxylic acids is 1. The minimum absolute atomic E-state index is 0.0820. The molecular formula is C26H20O3. The molecular weight excluding hydrogens is 360 g/mol. The Morgan fingerprint density at radius 2 is 1.03 bits per heavy atom. The number of rotatable bonds is 7. The van der Waals surface area contributed by atoms with Crippen molar-refractivity contribution in [2.24, 2.45) is 0 Å². The molecule has 1 atom stereocenters. The van der Waals surface area contributed by atoms with Crippen molar-refractivity contribution >= 4 is 5.78 Å². The highest BCUT2D eigenvalue weighted by Crippen LogP contribution is 2.28. The third kappa shape index (κ3) is 4.71. The molecule has 29 heavy (non-hydrogen) atoms. The second kappa shape index (κ2) is 8.89. The molecule has 0 aromatic heterocycles. The van der Waals surface area contributed by atoms with Crippen LogP contribution in [0.25, 0.3) is 0 Å². The van der Waals surface area contributed by atoms with Gasteiger partial charge in [0.1, 0.15) is 17.2 Å². The van der Waals surface area contributed by atoms with Gasteiger partial charge in [-0.2, -0.15) is 0 Å². The van der Waals surface area contributed by atoms with Crippen LogP contribution in [-0.4, -0.2) is 5.78 Å². The van der Waals surface area contributed by atoms with Gasteiger partial charge in [-0.05, 0) is 36.4 Å². The van der Waals surface area contributed by atoms with Gasteiger partial charge in [0.05, 0.1) is 0 Å². The first-order valence-corrected chi connectivity index (χ1v) is 9.43. The van der Waals surface area contributed by atoms with Gasteiger partial charge in [0.15, 0.2) is 6.10 Å². The van der Waals surface area contributed by atoms with Crippen LogP contribution in [0.15, 0.2) is 115 Å². The van der Waals surface area contributed by atoms with Gasteiger partial charge < -0.3 is 9.47 Å². The first-order chi connectivity index (χ1) is 14.3. The summed E-state index contributed by atoms with van der Waals surface area (Å²) in [5.41, 5.74) is 1.43. The van der Waals surface area contributed by atoms with Crippen molar-refractivity contribution in [3.05, 3.63) is 126 Å². The standard InChI is InChI=1S/C26H20O3/c27-25(20-10-4-1-5-11-20)26(21-12-6-2-7-13-21)29-24-18-16-23(17-19-24)28-22-14-8-3-9-15-22/h1-19,26H. The lowest BCUT2D eigenvalue weighted by Crippen LogP contribution is -2.19. The maximum atomic E-state index is 13.1. The Kier molecular flexibility index (Phi) is 5.68. The molecule has 0 aliphatic carbocycles. The molecule has 0 spiro atoms. The molecule has 0 saturated carbocycles. The third-order valence-corrected chi connectivity index (χ3v) is 4.46. The second-order valence-corrected chi connectivity index (χ2v) is 6.53. The van der Waals surface area contributed by atoms with E-state index in [1.165, 1.54) is 0 Å². The summed E-state index contributed by atoms with van der Waals surface area (Å²) in [4.78, 5) is 13.1. The fraction of sp³-hybridized carbons (Fsp3) is 0.0385. The fourth-order valence-electron chi connectivity index (χ4n) is 3.00. The van der Waals surface area contributed by atoms with E-state index in [1.54, 1.807) is 12.1 Å². The zero-order valence-electron chi connectivity index (χ0n) is 15.8. The molecule has 0 N–H and O–H groups in total.